The van der Waals surface area contributed by atoms with Crippen LogP contribution in [0.4, 0.5) is 4.39 Å². The highest BCUT2D eigenvalue weighted by Gasteiger charge is 2.18. The van der Waals surface area contributed by atoms with Gasteiger partial charge in [0.2, 0.25) is 10.0 Å². The third-order valence-electron chi connectivity index (χ3n) is 3.27. The van der Waals surface area contributed by atoms with E-state index in [2.05, 4.69) is 4.72 Å². The number of rotatable bonds is 6. The largest absolute Gasteiger partial charge is 0.240 e. The van der Waals surface area contributed by atoms with Crippen LogP contribution in [0.5, 0.6) is 0 Å². The van der Waals surface area contributed by atoms with E-state index in [1.165, 1.54) is 6.07 Å². The highest BCUT2D eigenvalue weighted by atomic mass is 35.5. The smallest absolute Gasteiger partial charge is 0.208 e. The molecule has 6 heteroatoms. The summed E-state index contributed by atoms with van der Waals surface area (Å²) in [7, 11) is -3.70. The summed E-state index contributed by atoms with van der Waals surface area (Å²) in [4.78, 5) is -0.0366. The lowest BCUT2D eigenvalue weighted by atomic mass is 10.1. The molecular weight excluding hydrogens is 325 g/mol. The number of hydrogen-bond donors (Lipinski definition) is 1. The molecule has 0 spiro atoms. The van der Waals surface area contributed by atoms with Gasteiger partial charge in [-0.2, -0.15) is 0 Å². The van der Waals surface area contributed by atoms with Crippen LogP contribution in [0.1, 0.15) is 18.9 Å². The molecule has 0 aliphatic rings. The normalized spacial score (nSPS) is 13.0. The second kappa shape index (κ2) is 7.22. The van der Waals surface area contributed by atoms with E-state index in [1.807, 2.05) is 30.3 Å². The first-order valence-electron chi connectivity index (χ1n) is 6.90. The van der Waals surface area contributed by atoms with Gasteiger partial charge in [0.1, 0.15) is 5.82 Å². The molecule has 0 bridgehead atoms. The van der Waals surface area contributed by atoms with Gasteiger partial charge in [-0.1, -0.05) is 41.9 Å². The minimum absolute atomic E-state index is 0.0366. The molecule has 0 amide bonds. The van der Waals surface area contributed by atoms with Crippen LogP contribution in [0.25, 0.3) is 0 Å². The lowest BCUT2D eigenvalue weighted by Crippen LogP contribution is -2.33. The summed E-state index contributed by atoms with van der Waals surface area (Å²) in [6.45, 7) is 1.80. The summed E-state index contributed by atoms with van der Waals surface area (Å²) >= 11 is 5.63. The van der Waals surface area contributed by atoms with Crippen LogP contribution in [0, 0.1) is 5.82 Å². The monoisotopic (exact) mass is 341 g/mol. The molecule has 0 aliphatic carbocycles. The van der Waals surface area contributed by atoms with Crippen molar-refractivity contribution in [3.8, 4) is 0 Å². The van der Waals surface area contributed by atoms with Gasteiger partial charge in [0.25, 0.3) is 0 Å². The van der Waals surface area contributed by atoms with Gasteiger partial charge in [-0.25, -0.2) is 17.5 Å². The molecule has 1 atom stereocenters. The van der Waals surface area contributed by atoms with Crippen molar-refractivity contribution in [2.24, 2.45) is 0 Å². The number of aryl methyl sites for hydroxylation is 1. The zero-order valence-electron chi connectivity index (χ0n) is 12.1. The van der Waals surface area contributed by atoms with Gasteiger partial charge in [-0.3, -0.25) is 0 Å². The SMILES string of the molecule is CC(CCc1ccccc1)NS(=O)(=O)c1ccc(F)c(Cl)c1. The Bertz CT molecular complexity index is 735. The van der Waals surface area contributed by atoms with E-state index in [1.54, 1.807) is 6.92 Å². The van der Waals surface area contributed by atoms with Crippen molar-refractivity contribution < 1.29 is 12.8 Å². The van der Waals surface area contributed by atoms with Crippen LogP contribution in [0.15, 0.2) is 53.4 Å². The molecule has 0 aromatic heterocycles. The van der Waals surface area contributed by atoms with E-state index >= 15 is 0 Å². The Balaban J connectivity index is 2.00. The van der Waals surface area contributed by atoms with Crippen LogP contribution >= 0.6 is 11.6 Å². The summed E-state index contributed by atoms with van der Waals surface area (Å²) in [5, 5.41) is -0.209. The van der Waals surface area contributed by atoms with Gasteiger partial charge in [0.15, 0.2) is 0 Å². The molecule has 0 heterocycles. The Morgan fingerprint density at radius 3 is 2.50 bits per heavy atom. The van der Waals surface area contributed by atoms with Crippen LogP contribution in [-0.4, -0.2) is 14.5 Å². The molecular formula is C16H17ClFNO2S. The number of benzene rings is 2. The van der Waals surface area contributed by atoms with E-state index < -0.39 is 15.8 Å². The molecule has 1 unspecified atom stereocenters. The average molecular weight is 342 g/mol. The van der Waals surface area contributed by atoms with E-state index in [0.29, 0.717) is 6.42 Å². The summed E-state index contributed by atoms with van der Waals surface area (Å²) in [5.41, 5.74) is 1.15. The van der Waals surface area contributed by atoms with Crippen LogP contribution in [0.2, 0.25) is 5.02 Å². The van der Waals surface area contributed by atoms with Gasteiger partial charge in [-0.05, 0) is 43.5 Å². The molecule has 0 saturated heterocycles. The van der Waals surface area contributed by atoms with E-state index in [0.717, 1.165) is 24.1 Å². The quantitative estimate of drug-likeness (QED) is 0.869. The van der Waals surface area contributed by atoms with Gasteiger partial charge >= 0.3 is 0 Å². The Kier molecular flexibility index (Phi) is 5.56. The molecule has 2 aromatic rings. The van der Waals surface area contributed by atoms with Gasteiger partial charge in [-0.15, -0.1) is 0 Å². The Morgan fingerprint density at radius 1 is 1.18 bits per heavy atom. The fourth-order valence-electron chi connectivity index (χ4n) is 2.06. The van der Waals surface area contributed by atoms with E-state index in [-0.39, 0.29) is 16.0 Å². The standard InChI is InChI=1S/C16H17ClFNO2S/c1-12(7-8-13-5-3-2-4-6-13)19-22(20,21)14-9-10-16(18)15(17)11-14/h2-6,9-12,19H,7-8H2,1H3. The molecule has 0 fully saturated rings. The second-order valence-corrected chi connectivity index (χ2v) is 7.24. The van der Waals surface area contributed by atoms with Crippen molar-refractivity contribution in [1.29, 1.82) is 0 Å². The van der Waals surface area contributed by atoms with Crippen LogP contribution < -0.4 is 4.72 Å². The van der Waals surface area contributed by atoms with E-state index in [4.69, 9.17) is 11.6 Å². The van der Waals surface area contributed by atoms with Crippen molar-refractivity contribution in [2.75, 3.05) is 0 Å². The third kappa shape index (κ3) is 4.53. The van der Waals surface area contributed by atoms with Gasteiger partial charge in [0.05, 0.1) is 9.92 Å². The second-order valence-electron chi connectivity index (χ2n) is 5.12. The Labute approximate surface area is 135 Å². The lowest BCUT2D eigenvalue weighted by Gasteiger charge is -2.14. The molecule has 0 saturated carbocycles. The number of hydrogen-bond acceptors (Lipinski definition) is 2. The highest BCUT2D eigenvalue weighted by Crippen LogP contribution is 2.19. The molecule has 1 N–H and O–H groups in total. The summed E-state index contributed by atoms with van der Waals surface area (Å²) in [6, 6.07) is 13.0. The first-order valence-corrected chi connectivity index (χ1v) is 8.76. The minimum Gasteiger partial charge on any atom is -0.208 e. The topological polar surface area (TPSA) is 46.2 Å². The molecule has 0 aliphatic heterocycles. The first-order chi connectivity index (χ1) is 10.4. The van der Waals surface area contributed by atoms with E-state index in [9.17, 15) is 12.8 Å². The maximum Gasteiger partial charge on any atom is 0.240 e. The number of halogens is 2. The fraction of sp³-hybridized carbons (Fsp3) is 0.250. The lowest BCUT2D eigenvalue weighted by molar-refractivity contribution is 0.546. The molecule has 2 aromatic carbocycles. The molecule has 2 rings (SSSR count). The zero-order chi connectivity index (χ0) is 16.2. The fourth-order valence-corrected chi connectivity index (χ4v) is 3.61. The predicted molar refractivity (Wildman–Crippen MR) is 86.0 cm³/mol. The number of nitrogens with one attached hydrogen (secondary N) is 1. The third-order valence-corrected chi connectivity index (χ3v) is 5.14. The maximum atomic E-state index is 13.1. The minimum atomic E-state index is -3.70. The molecule has 22 heavy (non-hydrogen) atoms. The van der Waals surface area contributed by atoms with Crippen molar-refractivity contribution in [3.63, 3.8) is 0 Å². The van der Waals surface area contributed by atoms with Gasteiger partial charge in [0, 0.05) is 6.04 Å². The number of sulfonamides is 1. The summed E-state index contributed by atoms with van der Waals surface area (Å²) < 4.78 is 40.1. The van der Waals surface area contributed by atoms with Crippen LogP contribution in [-0.2, 0) is 16.4 Å². The summed E-state index contributed by atoms with van der Waals surface area (Å²) in [5.74, 6) is -0.641. The first kappa shape index (κ1) is 16.9. The molecule has 118 valence electrons. The molecule has 0 radical (unpaired) electrons. The molecule has 3 nitrogen and oxygen atoms in total. The van der Waals surface area contributed by atoms with Crippen molar-refractivity contribution >= 4 is 21.6 Å². The van der Waals surface area contributed by atoms with Gasteiger partial charge < -0.3 is 0 Å². The van der Waals surface area contributed by atoms with Crippen molar-refractivity contribution in [1.82, 2.24) is 4.72 Å². The Hall–Kier alpha value is -1.43. The highest BCUT2D eigenvalue weighted by molar-refractivity contribution is 7.89. The van der Waals surface area contributed by atoms with Crippen molar-refractivity contribution in [2.45, 2.75) is 30.7 Å². The van der Waals surface area contributed by atoms with Crippen molar-refractivity contribution in [3.05, 3.63) is 64.9 Å². The van der Waals surface area contributed by atoms with Crippen LogP contribution in [0.3, 0.4) is 0 Å². The maximum absolute atomic E-state index is 13.1. The zero-order valence-corrected chi connectivity index (χ0v) is 13.7. The Morgan fingerprint density at radius 2 is 1.86 bits per heavy atom. The average Bonchev–Trinajstić information content (AvgIpc) is 2.48. The summed E-state index contributed by atoms with van der Waals surface area (Å²) in [6.07, 6.45) is 1.44. The predicted octanol–water partition coefficient (Wildman–Crippen LogP) is 3.78.